The SMILES string of the molecule is c1ccc(-n2c3ccccc3c3cc(-c4ccc5c(c4)c4ccccc4n5-c4cccc5c4oc4ccc6c7ccccc7sc6c45)ccc32)cc1. The third kappa shape index (κ3) is 3.79. The average Bonchev–Trinajstić information content (AvgIpc) is 3.95. The summed E-state index contributed by atoms with van der Waals surface area (Å²) in [6, 6.07) is 61.6. The highest BCUT2D eigenvalue weighted by Gasteiger charge is 2.21. The predicted molar refractivity (Wildman–Crippen MR) is 221 cm³/mol. The quantitative estimate of drug-likeness (QED) is 0.182. The molecule has 3 nitrogen and oxygen atoms in total. The maximum absolute atomic E-state index is 6.80. The van der Waals surface area contributed by atoms with Gasteiger partial charge in [0.1, 0.15) is 5.58 Å². The first-order valence-electron chi connectivity index (χ1n) is 17.7. The van der Waals surface area contributed by atoms with Crippen LogP contribution in [0, 0.1) is 0 Å². The fourth-order valence-corrected chi connectivity index (χ4v) is 9.90. The third-order valence-electron chi connectivity index (χ3n) is 10.9. The van der Waals surface area contributed by atoms with Crippen LogP contribution in [-0.2, 0) is 0 Å². The van der Waals surface area contributed by atoms with E-state index >= 15 is 0 Å². The standard InChI is InChI=1S/C48H28N2OS/c1-2-11-31(12-3-1)49-39-17-7-4-13-32(39)37-27-29(21-24-41(37)49)30-22-25-42-38(28-30)33-14-5-8-18-40(33)50(42)43-19-10-16-36-46-44(51-47(36)43)26-23-35-34-15-6-9-20-45(34)52-48(35)46/h1-28H. The molecule has 0 aliphatic carbocycles. The monoisotopic (exact) mass is 680 g/mol. The second-order valence-electron chi connectivity index (χ2n) is 13.7. The Morgan fingerprint density at radius 2 is 1.00 bits per heavy atom. The number of hydrogen-bond donors (Lipinski definition) is 0. The van der Waals surface area contributed by atoms with Gasteiger partial charge in [0.2, 0.25) is 0 Å². The van der Waals surface area contributed by atoms with Crippen LogP contribution >= 0.6 is 11.3 Å². The van der Waals surface area contributed by atoms with Crippen molar-refractivity contribution >= 4 is 97.1 Å². The summed E-state index contributed by atoms with van der Waals surface area (Å²) in [6.45, 7) is 0. The van der Waals surface area contributed by atoms with E-state index in [0.717, 1.165) is 33.3 Å². The summed E-state index contributed by atoms with van der Waals surface area (Å²) < 4.78 is 14.1. The largest absolute Gasteiger partial charge is 0.454 e. The van der Waals surface area contributed by atoms with Crippen LogP contribution in [0.2, 0.25) is 0 Å². The molecule has 0 N–H and O–H groups in total. The van der Waals surface area contributed by atoms with Gasteiger partial charge in [0.25, 0.3) is 0 Å². The predicted octanol–water partition coefficient (Wildman–Crippen LogP) is 13.8. The Labute approximate surface area is 301 Å². The summed E-state index contributed by atoms with van der Waals surface area (Å²) in [7, 11) is 0. The maximum atomic E-state index is 6.80. The van der Waals surface area contributed by atoms with Crippen molar-refractivity contribution in [1.82, 2.24) is 9.13 Å². The van der Waals surface area contributed by atoms with E-state index in [-0.39, 0.29) is 0 Å². The van der Waals surface area contributed by atoms with Crippen molar-refractivity contribution in [2.24, 2.45) is 0 Å². The second kappa shape index (κ2) is 10.5. The number of hydrogen-bond acceptors (Lipinski definition) is 2. The van der Waals surface area contributed by atoms with Crippen LogP contribution in [0.5, 0.6) is 0 Å². The molecule has 0 spiro atoms. The lowest BCUT2D eigenvalue weighted by Gasteiger charge is -2.10. The molecule has 0 fully saturated rings. The highest BCUT2D eigenvalue weighted by Crippen LogP contribution is 2.45. The minimum Gasteiger partial charge on any atom is -0.454 e. The molecule has 0 saturated heterocycles. The Morgan fingerprint density at radius 3 is 1.75 bits per heavy atom. The van der Waals surface area contributed by atoms with Gasteiger partial charge >= 0.3 is 0 Å². The molecule has 0 bridgehead atoms. The van der Waals surface area contributed by atoms with E-state index in [0.29, 0.717) is 0 Å². The number of nitrogens with zero attached hydrogens (tertiary/aromatic N) is 2. The van der Waals surface area contributed by atoms with Crippen LogP contribution < -0.4 is 0 Å². The van der Waals surface area contributed by atoms with Gasteiger partial charge in [-0.15, -0.1) is 11.3 Å². The zero-order valence-electron chi connectivity index (χ0n) is 27.9. The van der Waals surface area contributed by atoms with Gasteiger partial charge in [-0.25, -0.2) is 0 Å². The molecule has 0 aliphatic rings. The van der Waals surface area contributed by atoms with E-state index in [1.165, 1.54) is 75.0 Å². The van der Waals surface area contributed by atoms with Gasteiger partial charge in [0, 0.05) is 58.2 Å². The zero-order chi connectivity index (χ0) is 33.9. The number of benzene rings is 8. The highest BCUT2D eigenvalue weighted by molar-refractivity contribution is 7.26. The van der Waals surface area contributed by atoms with Crippen molar-refractivity contribution in [3.8, 4) is 22.5 Å². The second-order valence-corrected chi connectivity index (χ2v) is 14.7. The van der Waals surface area contributed by atoms with Gasteiger partial charge < -0.3 is 13.6 Å². The van der Waals surface area contributed by atoms with Crippen LogP contribution in [0.4, 0.5) is 0 Å². The molecule has 0 radical (unpaired) electrons. The van der Waals surface area contributed by atoms with E-state index in [1.54, 1.807) is 0 Å². The van der Waals surface area contributed by atoms with E-state index in [2.05, 4.69) is 179 Å². The van der Waals surface area contributed by atoms with Gasteiger partial charge in [0.15, 0.2) is 5.58 Å². The minimum atomic E-state index is 0.912. The molecule has 0 aliphatic heterocycles. The number of thiophene rings is 1. The first kappa shape index (κ1) is 28.1. The van der Waals surface area contributed by atoms with Crippen molar-refractivity contribution in [2.45, 2.75) is 0 Å². The third-order valence-corrected chi connectivity index (χ3v) is 12.1. The number of furan rings is 1. The van der Waals surface area contributed by atoms with Crippen LogP contribution in [0.15, 0.2) is 174 Å². The topological polar surface area (TPSA) is 23.0 Å². The zero-order valence-corrected chi connectivity index (χ0v) is 28.7. The molecule has 0 unspecified atom stereocenters. The molecular formula is C48H28N2OS. The summed E-state index contributed by atoms with van der Waals surface area (Å²) in [6.07, 6.45) is 0. The smallest absolute Gasteiger partial charge is 0.159 e. The summed E-state index contributed by atoms with van der Waals surface area (Å²) in [4.78, 5) is 0. The molecule has 4 heterocycles. The molecule has 12 aromatic rings. The number of para-hydroxylation sites is 4. The normalized spacial score (nSPS) is 12.2. The molecule has 0 amide bonds. The van der Waals surface area contributed by atoms with Gasteiger partial charge in [-0.3, -0.25) is 0 Å². The lowest BCUT2D eigenvalue weighted by Crippen LogP contribution is -1.94. The van der Waals surface area contributed by atoms with Crippen LogP contribution in [-0.4, -0.2) is 9.13 Å². The fraction of sp³-hybridized carbons (Fsp3) is 0. The van der Waals surface area contributed by atoms with Gasteiger partial charge in [-0.05, 0) is 83.9 Å². The Kier molecular flexibility index (Phi) is 5.65. The van der Waals surface area contributed by atoms with E-state index in [1.807, 2.05) is 11.3 Å². The van der Waals surface area contributed by atoms with Crippen molar-refractivity contribution in [1.29, 1.82) is 0 Å². The lowest BCUT2D eigenvalue weighted by molar-refractivity contribution is 0.666. The Morgan fingerprint density at radius 1 is 0.404 bits per heavy atom. The van der Waals surface area contributed by atoms with Crippen molar-refractivity contribution in [3.05, 3.63) is 170 Å². The Balaban J connectivity index is 1.07. The van der Waals surface area contributed by atoms with E-state index in [9.17, 15) is 0 Å². The van der Waals surface area contributed by atoms with Crippen molar-refractivity contribution in [3.63, 3.8) is 0 Å². The first-order valence-corrected chi connectivity index (χ1v) is 18.5. The molecule has 0 saturated carbocycles. The lowest BCUT2D eigenvalue weighted by atomic mass is 10.0. The van der Waals surface area contributed by atoms with Gasteiger partial charge in [-0.1, -0.05) is 97.1 Å². The molecule has 242 valence electrons. The van der Waals surface area contributed by atoms with Gasteiger partial charge in [-0.2, -0.15) is 0 Å². The summed E-state index contributed by atoms with van der Waals surface area (Å²) in [5.41, 5.74) is 11.2. The van der Waals surface area contributed by atoms with Gasteiger partial charge in [0.05, 0.1) is 27.8 Å². The molecule has 4 heteroatoms. The molecule has 8 aromatic carbocycles. The minimum absolute atomic E-state index is 0.912. The Bertz CT molecular complexity index is 3410. The number of rotatable bonds is 3. The maximum Gasteiger partial charge on any atom is 0.159 e. The fourth-order valence-electron chi connectivity index (χ4n) is 8.65. The summed E-state index contributed by atoms with van der Waals surface area (Å²) in [5.74, 6) is 0. The van der Waals surface area contributed by atoms with Crippen LogP contribution in [0.1, 0.15) is 0 Å². The van der Waals surface area contributed by atoms with E-state index < -0.39 is 0 Å². The molecule has 0 atom stereocenters. The average molecular weight is 681 g/mol. The highest BCUT2D eigenvalue weighted by atomic mass is 32.1. The van der Waals surface area contributed by atoms with Crippen LogP contribution in [0.3, 0.4) is 0 Å². The number of aromatic nitrogens is 2. The molecular weight excluding hydrogens is 653 g/mol. The molecule has 12 rings (SSSR count). The molecule has 52 heavy (non-hydrogen) atoms. The first-order chi connectivity index (χ1) is 25.8. The summed E-state index contributed by atoms with van der Waals surface area (Å²) in [5, 5.41) is 9.89. The van der Waals surface area contributed by atoms with Crippen molar-refractivity contribution in [2.75, 3.05) is 0 Å². The Hall–Kier alpha value is -6.62. The number of fused-ring (bicyclic) bond motifs is 13. The van der Waals surface area contributed by atoms with Crippen LogP contribution in [0.25, 0.3) is 108 Å². The van der Waals surface area contributed by atoms with Crippen molar-refractivity contribution < 1.29 is 4.42 Å². The molecule has 4 aromatic heterocycles. The summed E-state index contributed by atoms with van der Waals surface area (Å²) >= 11 is 1.85. The van der Waals surface area contributed by atoms with E-state index in [4.69, 9.17) is 4.42 Å².